The molecular weight excluding hydrogens is 288 g/mol. The summed E-state index contributed by atoms with van der Waals surface area (Å²) >= 11 is 6.04. The molecule has 108 valence electrons. The lowest BCUT2D eigenvalue weighted by Gasteiger charge is -2.05. The highest BCUT2D eigenvalue weighted by Gasteiger charge is 2.10. The van der Waals surface area contributed by atoms with Crippen LogP contribution in [0.5, 0.6) is 0 Å². The molecule has 5 nitrogen and oxygen atoms in total. The smallest absolute Gasteiger partial charge is 0.155 e. The van der Waals surface area contributed by atoms with Gasteiger partial charge in [0, 0.05) is 20.6 Å². The summed E-state index contributed by atoms with van der Waals surface area (Å²) in [6, 6.07) is 9.81. The standard InChI is InChI=1S/C15H15ClN4O/c1-20-12-6-4-3-5-11(12)18-15(20)8-10-7-13(16)19-14(17-10)9-21-2/h3-7H,8-9H2,1-2H3. The zero-order valence-electron chi connectivity index (χ0n) is 11.9. The van der Waals surface area contributed by atoms with E-state index >= 15 is 0 Å². The molecule has 0 spiro atoms. The maximum absolute atomic E-state index is 6.04. The highest BCUT2D eigenvalue weighted by Crippen LogP contribution is 2.17. The Kier molecular flexibility index (Phi) is 3.86. The van der Waals surface area contributed by atoms with E-state index in [1.54, 1.807) is 13.2 Å². The molecule has 2 heterocycles. The van der Waals surface area contributed by atoms with Crippen LogP contribution in [0.2, 0.25) is 5.15 Å². The first-order chi connectivity index (χ1) is 10.2. The van der Waals surface area contributed by atoms with Crippen LogP contribution in [0.3, 0.4) is 0 Å². The topological polar surface area (TPSA) is 52.8 Å². The molecule has 0 saturated heterocycles. The predicted molar refractivity (Wildman–Crippen MR) is 81.3 cm³/mol. The van der Waals surface area contributed by atoms with Crippen molar-refractivity contribution in [2.45, 2.75) is 13.0 Å². The molecule has 2 aromatic heterocycles. The average molecular weight is 303 g/mol. The van der Waals surface area contributed by atoms with Gasteiger partial charge in [0.05, 0.1) is 16.7 Å². The molecule has 0 fully saturated rings. The summed E-state index contributed by atoms with van der Waals surface area (Å²) in [4.78, 5) is 13.2. The van der Waals surface area contributed by atoms with E-state index in [0.717, 1.165) is 22.6 Å². The Morgan fingerprint density at radius 2 is 2.00 bits per heavy atom. The fraction of sp³-hybridized carbons (Fsp3) is 0.267. The largest absolute Gasteiger partial charge is 0.377 e. The number of fused-ring (bicyclic) bond motifs is 1. The average Bonchev–Trinajstić information content (AvgIpc) is 2.76. The number of imidazole rings is 1. The second-order valence-corrected chi connectivity index (χ2v) is 5.17. The van der Waals surface area contributed by atoms with Crippen LogP contribution in [-0.2, 0) is 24.8 Å². The number of para-hydroxylation sites is 2. The van der Waals surface area contributed by atoms with Gasteiger partial charge in [-0.1, -0.05) is 23.7 Å². The molecule has 0 N–H and O–H groups in total. The van der Waals surface area contributed by atoms with E-state index in [9.17, 15) is 0 Å². The highest BCUT2D eigenvalue weighted by atomic mass is 35.5. The molecule has 0 unspecified atom stereocenters. The van der Waals surface area contributed by atoms with Gasteiger partial charge in [-0.15, -0.1) is 0 Å². The zero-order valence-corrected chi connectivity index (χ0v) is 12.6. The molecule has 1 aromatic carbocycles. The highest BCUT2D eigenvalue weighted by molar-refractivity contribution is 6.29. The van der Waals surface area contributed by atoms with E-state index < -0.39 is 0 Å². The summed E-state index contributed by atoms with van der Waals surface area (Å²) in [6.07, 6.45) is 0.601. The maximum Gasteiger partial charge on any atom is 0.155 e. The number of hydrogen-bond acceptors (Lipinski definition) is 4. The minimum absolute atomic E-state index is 0.343. The van der Waals surface area contributed by atoms with Crippen LogP contribution in [0.4, 0.5) is 0 Å². The fourth-order valence-corrected chi connectivity index (χ4v) is 2.54. The molecule has 0 bridgehead atoms. The van der Waals surface area contributed by atoms with Gasteiger partial charge in [-0.25, -0.2) is 15.0 Å². The number of rotatable bonds is 4. The summed E-state index contributed by atoms with van der Waals surface area (Å²) in [6.45, 7) is 0.343. The summed E-state index contributed by atoms with van der Waals surface area (Å²) in [5.41, 5.74) is 2.91. The molecule has 3 rings (SSSR count). The Morgan fingerprint density at radius 1 is 1.19 bits per heavy atom. The van der Waals surface area contributed by atoms with Crippen LogP contribution >= 0.6 is 11.6 Å². The van der Waals surface area contributed by atoms with Crippen LogP contribution in [0.1, 0.15) is 17.3 Å². The number of aromatic nitrogens is 4. The van der Waals surface area contributed by atoms with Crippen LogP contribution in [-0.4, -0.2) is 26.6 Å². The molecule has 3 aromatic rings. The van der Waals surface area contributed by atoms with Crippen molar-refractivity contribution in [2.24, 2.45) is 7.05 Å². The summed E-state index contributed by atoms with van der Waals surface area (Å²) < 4.78 is 7.13. The fourth-order valence-electron chi connectivity index (χ4n) is 2.32. The van der Waals surface area contributed by atoms with Gasteiger partial charge in [-0.3, -0.25) is 0 Å². The number of methoxy groups -OCH3 is 1. The van der Waals surface area contributed by atoms with Crippen LogP contribution in [0.15, 0.2) is 30.3 Å². The van der Waals surface area contributed by atoms with Crippen molar-refractivity contribution in [1.82, 2.24) is 19.5 Å². The Labute approximate surface area is 127 Å². The van der Waals surface area contributed by atoms with Gasteiger partial charge in [0.2, 0.25) is 0 Å². The van der Waals surface area contributed by atoms with E-state index in [2.05, 4.69) is 25.6 Å². The Hall–Kier alpha value is -1.98. The SMILES string of the molecule is COCc1nc(Cl)cc(Cc2nc3ccccc3n2C)n1. The van der Waals surface area contributed by atoms with Gasteiger partial charge < -0.3 is 9.30 Å². The lowest BCUT2D eigenvalue weighted by Crippen LogP contribution is -2.05. The third kappa shape index (κ3) is 2.89. The predicted octanol–water partition coefficient (Wildman–Crippen LogP) is 2.75. The molecule has 6 heteroatoms. The van der Waals surface area contributed by atoms with Gasteiger partial charge in [0.15, 0.2) is 5.82 Å². The molecule has 0 saturated carbocycles. The molecule has 0 atom stereocenters. The molecule has 0 amide bonds. The molecule has 21 heavy (non-hydrogen) atoms. The number of benzene rings is 1. The number of nitrogens with zero attached hydrogens (tertiary/aromatic N) is 4. The van der Waals surface area contributed by atoms with Crippen molar-refractivity contribution >= 4 is 22.6 Å². The second-order valence-electron chi connectivity index (χ2n) is 4.78. The van der Waals surface area contributed by atoms with E-state index in [-0.39, 0.29) is 0 Å². The monoisotopic (exact) mass is 302 g/mol. The summed E-state index contributed by atoms with van der Waals surface area (Å²) in [5, 5.41) is 0.422. The number of halogens is 1. The van der Waals surface area contributed by atoms with Gasteiger partial charge in [0.25, 0.3) is 0 Å². The van der Waals surface area contributed by atoms with E-state index in [4.69, 9.17) is 16.3 Å². The lowest BCUT2D eigenvalue weighted by molar-refractivity contribution is 0.177. The third-order valence-electron chi connectivity index (χ3n) is 3.29. The van der Waals surface area contributed by atoms with Gasteiger partial charge in [-0.05, 0) is 18.2 Å². The first-order valence-corrected chi connectivity index (χ1v) is 6.97. The van der Waals surface area contributed by atoms with Crippen molar-refractivity contribution in [3.05, 3.63) is 52.8 Å². The van der Waals surface area contributed by atoms with Crippen LogP contribution in [0.25, 0.3) is 11.0 Å². The summed E-state index contributed by atoms with van der Waals surface area (Å²) in [7, 11) is 3.61. The minimum atomic E-state index is 0.343. The molecule has 0 aliphatic carbocycles. The van der Waals surface area contributed by atoms with E-state index in [1.165, 1.54) is 0 Å². The molecule has 0 aliphatic rings. The Bertz CT molecular complexity index is 784. The molecular formula is C15H15ClN4O. The van der Waals surface area contributed by atoms with Crippen molar-refractivity contribution in [1.29, 1.82) is 0 Å². The van der Waals surface area contributed by atoms with Crippen molar-refractivity contribution < 1.29 is 4.74 Å². The maximum atomic E-state index is 6.04. The van der Waals surface area contributed by atoms with Gasteiger partial charge in [-0.2, -0.15) is 0 Å². The third-order valence-corrected chi connectivity index (χ3v) is 3.48. The lowest BCUT2D eigenvalue weighted by atomic mass is 10.3. The molecule has 0 aliphatic heterocycles. The summed E-state index contributed by atoms with van der Waals surface area (Å²) in [5.74, 6) is 1.52. The number of aryl methyl sites for hydroxylation is 1. The molecule has 0 radical (unpaired) electrons. The van der Waals surface area contributed by atoms with Gasteiger partial charge in [0.1, 0.15) is 17.6 Å². The second kappa shape index (κ2) is 5.79. The first kappa shape index (κ1) is 14.0. The first-order valence-electron chi connectivity index (χ1n) is 6.59. The van der Waals surface area contributed by atoms with Crippen LogP contribution < -0.4 is 0 Å². The minimum Gasteiger partial charge on any atom is -0.377 e. The Balaban J connectivity index is 1.96. The Morgan fingerprint density at radius 3 is 2.76 bits per heavy atom. The normalized spacial score (nSPS) is 11.2. The quantitative estimate of drug-likeness (QED) is 0.695. The van der Waals surface area contributed by atoms with Crippen LogP contribution in [0, 0.1) is 0 Å². The number of ether oxygens (including phenoxy) is 1. The van der Waals surface area contributed by atoms with E-state index in [1.807, 2.05) is 25.2 Å². The zero-order chi connectivity index (χ0) is 14.8. The van der Waals surface area contributed by atoms with Crippen molar-refractivity contribution in [2.75, 3.05) is 7.11 Å². The number of hydrogen-bond donors (Lipinski definition) is 0. The van der Waals surface area contributed by atoms with E-state index in [0.29, 0.717) is 24.0 Å². The van der Waals surface area contributed by atoms with Crippen molar-refractivity contribution in [3.63, 3.8) is 0 Å². The van der Waals surface area contributed by atoms with Gasteiger partial charge >= 0.3 is 0 Å². The van der Waals surface area contributed by atoms with Crippen molar-refractivity contribution in [3.8, 4) is 0 Å².